The Hall–Kier alpha value is -2.56. The van der Waals surface area contributed by atoms with Gasteiger partial charge in [0.2, 0.25) is 15.9 Å². The minimum atomic E-state index is -3.49. The van der Waals surface area contributed by atoms with Gasteiger partial charge in [0.1, 0.15) is 5.75 Å². The molecule has 1 amide bonds. The maximum absolute atomic E-state index is 13.0. The van der Waals surface area contributed by atoms with Crippen LogP contribution in [0.3, 0.4) is 0 Å². The Balaban J connectivity index is 1.95. The second kappa shape index (κ2) is 8.85. The molecule has 8 nitrogen and oxygen atoms in total. The summed E-state index contributed by atoms with van der Waals surface area (Å²) in [6.45, 7) is 2.37. The molecule has 0 unspecified atom stereocenters. The number of sulfonamides is 1. The Morgan fingerprint density at radius 1 is 1.24 bits per heavy atom. The Morgan fingerprint density at radius 2 is 2.03 bits per heavy atom. The lowest BCUT2D eigenvalue weighted by Crippen LogP contribution is -2.40. The summed E-state index contributed by atoms with van der Waals surface area (Å²) in [4.78, 5) is 23.3. The molecule has 0 saturated heterocycles. The van der Waals surface area contributed by atoms with E-state index >= 15 is 0 Å². The van der Waals surface area contributed by atoms with E-state index in [-0.39, 0.29) is 19.0 Å². The Morgan fingerprint density at radius 3 is 2.69 bits per heavy atom. The number of hydrogen-bond donors (Lipinski definition) is 0. The van der Waals surface area contributed by atoms with Gasteiger partial charge in [-0.3, -0.25) is 14.7 Å². The molecule has 0 spiro atoms. The number of ether oxygens (including phenoxy) is 1. The average Bonchev–Trinajstić information content (AvgIpc) is 3.09. The number of carbonyl (C=O) groups excluding carboxylic acids is 1. The van der Waals surface area contributed by atoms with Gasteiger partial charge in [-0.05, 0) is 37.3 Å². The van der Waals surface area contributed by atoms with Crippen molar-refractivity contribution in [2.75, 3.05) is 31.4 Å². The Kier molecular flexibility index (Phi) is 6.46. The number of carbonyl (C=O) groups is 1. The standard InChI is InChI=1S/C19H22N4O4S2/c1-4-27-15-8-9-16-17(11-15)28-19(21-16)23(12-14-7-5-6-10-20-14)18(24)13-22(2)29(3,25)26/h5-11H,4,12-13H2,1-3H3. The van der Waals surface area contributed by atoms with E-state index in [0.717, 1.165) is 26.5 Å². The van der Waals surface area contributed by atoms with Gasteiger partial charge in [-0.2, -0.15) is 4.31 Å². The number of amides is 1. The van der Waals surface area contributed by atoms with Crippen LogP contribution in [-0.4, -0.2) is 55.1 Å². The summed E-state index contributed by atoms with van der Waals surface area (Å²) in [6.07, 6.45) is 2.71. The minimum Gasteiger partial charge on any atom is -0.494 e. The summed E-state index contributed by atoms with van der Waals surface area (Å²) in [5.74, 6) is 0.349. The third kappa shape index (κ3) is 5.28. The summed E-state index contributed by atoms with van der Waals surface area (Å²) < 4.78 is 30.9. The fourth-order valence-electron chi connectivity index (χ4n) is 2.57. The molecule has 0 aliphatic heterocycles. The number of benzene rings is 1. The highest BCUT2D eigenvalue weighted by molar-refractivity contribution is 7.88. The number of thiazole rings is 1. The van der Waals surface area contributed by atoms with E-state index in [9.17, 15) is 13.2 Å². The first kappa shape index (κ1) is 21.2. The molecule has 154 valence electrons. The molecule has 0 saturated carbocycles. The van der Waals surface area contributed by atoms with Crippen LogP contribution in [-0.2, 0) is 21.4 Å². The summed E-state index contributed by atoms with van der Waals surface area (Å²) in [5.41, 5.74) is 1.42. The van der Waals surface area contributed by atoms with Crippen LogP contribution in [0.2, 0.25) is 0 Å². The number of hydrogen-bond acceptors (Lipinski definition) is 7. The summed E-state index contributed by atoms with van der Waals surface area (Å²) in [6, 6.07) is 11.0. The lowest BCUT2D eigenvalue weighted by Gasteiger charge is -2.22. The van der Waals surface area contributed by atoms with Crippen molar-refractivity contribution < 1.29 is 17.9 Å². The smallest absolute Gasteiger partial charge is 0.244 e. The zero-order chi connectivity index (χ0) is 21.0. The van der Waals surface area contributed by atoms with Gasteiger partial charge < -0.3 is 4.74 Å². The first-order chi connectivity index (χ1) is 13.8. The fraction of sp³-hybridized carbons (Fsp3) is 0.316. The van der Waals surface area contributed by atoms with E-state index in [4.69, 9.17) is 4.74 Å². The first-order valence-electron chi connectivity index (χ1n) is 8.93. The molecule has 3 rings (SSSR count). The molecule has 2 aromatic heterocycles. The van der Waals surface area contributed by atoms with Crippen molar-refractivity contribution in [3.8, 4) is 5.75 Å². The van der Waals surface area contributed by atoms with Crippen LogP contribution in [0.1, 0.15) is 12.6 Å². The van der Waals surface area contributed by atoms with Crippen molar-refractivity contribution in [3.63, 3.8) is 0 Å². The third-order valence-electron chi connectivity index (χ3n) is 4.16. The quantitative estimate of drug-likeness (QED) is 0.541. The van der Waals surface area contributed by atoms with Gasteiger partial charge in [0.15, 0.2) is 5.13 Å². The van der Waals surface area contributed by atoms with Crippen LogP contribution < -0.4 is 9.64 Å². The van der Waals surface area contributed by atoms with Crippen LogP contribution in [0.15, 0.2) is 42.6 Å². The molecule has 29 heavy (non-hydrogen) atoms. The van der Waals surface area contributed by atoms with E-state index < -0.39 is 10.0 Å². The highest BCUT2D eigenvalue weighted by Crippen LogP contribution is 2.32. The molecular formula is C19H22N4O4S2. The van der Waals surface area contributed by atoms with Gasteiger partial charge in [0.05, 0.1) is 41.9 Å². The monoisotopic (exact) mass is 434 g/mol. The molecule has 3 aromatic rings. The molecule has 0 N–H and O–H groups in total. The normalized spacial score (nSPS) is 11.7. The topological polar surface area (TPSA) is 92.7 Å². The van der Waals surface area contributed by atoms with E-state index in [1.54, 1.807) is 18.3 Å². The van der Waals surface area contributed by atoms with Gasteiger partial charge in [-0.25, -0.2) is 13.4 Å². The van der Waals surface area contributed by atoms with E-state index in [2.05, 4.69) is 9.97 Å². The molecule has 1 aromatic carbocycles. The predicted molar refractivity (Wildman–Crippen MR) is 114 cm³/mol. The van der Waals surface area contributed by atoms with Gasteiger partial charge in [-0.15, -0.1) is 0 Å². The minimum absolute atomic E-state index is 0.190. The summed E-state index contributed by atoms with van der Waals surface area (Å²) in [5, 5.41) is 0.478. The largest absolute Gasteiger partial charge is 0.494 e. The highest BCUT2D eigenvalue weighted by atomic mass is 32.2. The second-order valence-electron chi connectivity index (χ2n) is 6.38. The maximum Gasteiger partial charge on any atom is 0.244 e. The van der Waals surface area contributed by atoms with Gasteiger partial charge in [-0.1, -0.05) is 17.4 Å². The van der Waals surface area contributed by atoms with Crippen LogP contribution >= 0.6 is 11.3 Å². The van der Waals surface area contributed by atoms with Crippen LogP contribution in [0.5, 0.6) is 5.75 Å². The van der Waals surface area contributed by atoms with Crippen molar-refractivity contribution in [1.29, 1.82) is 0 Å². The SMILES string of the molecule is CCOc1ccc2nc(N(Cc3ccccn3)C(=O)CN(C)S(C)(=O)=O)sc2c1. The molecule has 10 heteroatoms. The van der Waals surface area contributed by atoms with Crippen molar-refractivity contribution in [3.05, 3.63) is 48.3 Å². The zero-order valence-electron chi connectivity index (χ0n) is 16.4. The second-order valence-corrected chi connectivity index (χ2v) is 9.48. The molecule has 0 atom stereocenters. The maximum atomic E-state index is 13.0. The molecule has 0 fully saturated rings. The number of likely N-dealkylation sites (N-methyl/N-ethyl adjacent to an activating group) is 1. The summed E-state index contributed by atoms with van der Waals surface area (Å²) in [7, 11) is -2.11. The zero-order valence-corrected chi connectivity index (χ0v) is 18.0. The summed E-state index contributed by atoms with van der Waals surface area (Å²) >= 11 is 1.35. The van der Waals surface area contributed by atoms with Crippen molar-refractivity contribution in [2.45, 2.75) is 13.5 Å². The van der Waals surface area contributed by atoms with E-state index in [0.29, 0.717) is 17.4 Å². The molecular weight excluding hydrogens is 412 g/mol. The molecule has 0 aliphatic rings. The molecule has 2 heterocycles. The van der Waals surface area contributed by atoms with Crippen molar-refractivity contribution in [1.82, 2.24) is 14.3 Å². The van der Waals surface area contributed by atoms with Crippen LogP contribution in [0, 0.1) is 0 Å². The number of aromatic nitrogens is 2. The average molecular weight is 435 g/mol. The predicted octanol–water partition coefficient (Wildman–Crippen LogP) is 2.51. The Bertz CT molecular complexity index is 1100. The van der Waals surface area contributed by atoms with Crippen LogP contribution in [0.4, 0.5) is 5.13 Å². The fourth-order valence-corrected chi connectivity index (χ4v) is 3.93. The van der Waals surface area contributed by atoms with Crippen molar-refractivity contribution >= 4 is 42.6 Å². The molecule has 0 aliphatic carbocycles. The van der Waals surface area contributed by atoms with E-state index in [1.807, 2.05) is 31.2 Å². The number of rotatable bonds is 8. The Labute approximate surface area is 173 Å². The number of anilines is 1. The first-order valence-corrected chi connectivity index (χ1v) is 11.6. The van der Waals surface area contributed by atoms with E-state index in [1.165, 1.54) is 23.3 Å². The van der Waals surface area contributed by atoms with Gasteiger partial charge in [0, 0.05) is 13.2 Å². The van der Waals surface area contributed by atoms with Gasteiger partial charge >= 0.3 is 0 Å². The van der Waals surface area contributed by atoms with Crippen LogP contribution in [0.25, 0.3) is 10.2 Å². The molecule has 0 bridgehead atoms. The van der Waals surface area contributed by atoms with Crippen molar-refractivity contribution in [2.24, 2.45) is 0 Å². The molecule has 0 radical (unpaired) electrons. The third-order valence-corrected chi connectivity index (χ3v) is 6.46. The number of nitrogens with zero attached hydrogens (tertiary/aromatic N) is 4. The number of pyridine rings is 1. The lowest BCUT2D eigenvalue weighted by molar-refractivity contribution is -0.118. The van der Waals surface area contributed by atoms with Gasteiger partial charge in [0.25, 0.3) is 0 Å². The lowest BCUT2D eigenvalue weighted by atomic mass is 10.3. The number of fused-ring (bicyclic) bond motifs is 1. The highest BCUT2D eigenvalue weighted by Gasteiger charge is 2.24.